The molecule has 0 aliphatic heterocycles. The molecule has 4 N–H and O–H groups in total. The maximum atomic E-state index is 11.8. The molecule has 0 atom stereocenters. The summed E-state index contributed by atoms with van der Waals surface area (Å²) in [4.78, 5) is 28.1. The molecular formula is C14H12N2O5. The number of rotatable bonds is 4. The van der Waals surface area contributed by atoms with E-state index in [9.17, 15) is 14.7 Å². The monoisotopic (exact) mass is 288 g/mol. The summed E-state index contributed by atoms with van der Waals surface area (Å²) in [5.74, 6) is -1.57. The molecule has 0 saturated carbocycles. The minimum absolute atomic E-state index is 0.121. The van der Waals surface area contributed by atoms with Crippen LogP contribution >= 0.6 is 0 Å². The molecule has 2 rings (SSSR count). The Kier molecular flexibility index (Phi) is 4.37. The maximum Gasteiger partial charge on any atom is 0.283 e. The highest BCUT2D eigenvalue weighted by atomic mass is 16.7. The van der Waals surface area contributed by atoms with E-state index in [2.05, 4.69) is 5.48 Å². The number of phenols is 1. The molecule has 7 heteroatoms. The van der Waals surface area contributed by atoms with Crippen LogP contribution in [0.3, 0.4) is 0 Å². The van der Waals surface area contributed by atoms with Crippen LogP contribution in [0, 0.1) is 0 Å². The standard InChI is InChI=1S/C14H12N2O5/c17-12-7-6-10(8-11(12)14(19)15-20)21-16-13(18)9-4-2-1-3-5-9/h1-8,17,20H,(H,15,19)(H,16,18). The fourth-order valence-corrected chi connectivity index (χ4v) is 1.57. The van der Waals surface area contributed by atoms with Crippen LogP contribution in [0.5, 0.6) is 11.5 Å². The number of phenolic OH excluding ortho intramolecular Hbond substituents is 1. The molecule has 2 amide bonds. The van der Waals surface area contributed by atoms with E-state index >= 15 is 0 Å². The summed E-state index contributed by atoms with van der Waals surface area (Å²) in [5.41, 5.74) is 3.82. The number of hydroxylamine groups is 2. The lowest BCUT2D eigenvalue weighted by molar-refractivity contribution is 0.0702. The molecule has 0 aliphatic rings. The first-order chi connectivity index (χ1) is 10.1. The van der Waals surface area contributed by atoms with Crippen molar-refractivity contribution in [2.75, 3.05) is 0 Å². The van der Waals surface area contributed by atoms with E-state index in [0.717, 1.165) is 0 Å². The molecule has 0 fully saturated rings. The SMILES string of the molecule is O=C(NOc1ccc(O)c(C(=O)NO)c1)c1ccccc1. The van der Waals surface area contributed by atoms with Crippen molar-refractivity contribution >= 4 is 11.8 Å². The molecule has 2 aromatic carbocycles. The van der Waals surface area contributed by atoms with Crippen molar-refractivity contribution in [3.05, 3.63) is 59.7 Å². The van der Waals surface area contributed by atoms with Crippen molar-refractivity contribution in [2.45, 2.75) is 0 Å². The van der Waals surface area contributed by atoms with Gasteiger partial charge in [0.15, 0.2) is 5.75 Å². The molecule has 7 nitrogen and oxygen atoms in total. The summed E-state index contributed by atoms with van der Waals surface area (Å²) in [6, 6.07) is 12.1. The van der Waals surface area contributed by atoms with Crippen LogP contribution < -0.4 is 15.8 Å². The average Bonchev–Trinajstić information content (AvgIpc) is 2.53. The van der Waals surface area contributed by atoms with Gasteiger partial charge in [-0.25, -0.2) is 5.48 Å². The molecular weight excluding hydrogens is 276 g/mol. The van der Waals surface area contributed by atoms with Crippen LogP contribution in [-0.2, 0) is 0 Å². The van der Waals surface area contributed by atoms with Gasteiger partial charge < -0.3 is 9.94 Å². The second-order valence-electron chi connectivity index (χ2n) is 4.02. The summed E-state index contributed by atoms with van der Waals surface area (Å²) < 4.78 is 0. The lowest BCUT2D eigenvalue weighted by atomic mass is 10.2. The largest absolute Gasteiger partial charge is 0.507 e. The molecule has 108 valence electrons. The van der Waals surface area contributed by atoms with Crippen LogP contribution in [0.15, 0.2) is 48.5 Å². The Morgan fingerprint density at radius 1 is 1.00 bits per heavy atom. The summed E-state index contributed by atoms with van der Waals surface area (Å²) in [7, 11) is 0. The minimum Gasteiger partial charge on any atom is -0.507 e. The number of nitrogens with one attached hydrogen (secondary N) is 2. The number of hydrogen-bond donors (Lipinski definition) is 4. The van der Waals surface area contributed by atoms with Gasteiger partial charge in [-0.1, -0.05) is 18.2 Å². The van der Waals surface area contributed by atoms with Crippen LogP contribution in [0.1, 0.15) is 20.7 Å². The molecule has 0 unspecified atom stereocenters. The van der Waals surface area contributed by atoms with Crippen LogP contribution in [0.2, 0.25) is 0 Å². The molecule has 2 aromatic rings. The van der Waals surface area contributed by atoms with Gasteiger partial charge in [0, 0.05) is 5.56 Å². The smallest absolute Gasteiger partial charge is 0.283 e. The van der Waals surface area contributed by atoms with Gasteiger partial charge in [-0.15, -0.1) is 0 Å². The lowest BCUT2D eigenvalue weighted by Crippen LogP contribution is -2.27. The Hall–Kier alpha value is -3.06. The predicted octanol–water partition coefficient (Wildman–Crippen LogP) is 1.24. The normalized spacial score (nSPS) is 9.76. The fraction of sp³-hybridized carbons (Fsp3) is 0. The average molecular weight is 288 g/mol. The maximum absolute atomic E-state index is 11.8. The summed E-state index contributed by atoms with van der Waals surface area (Å²) >= 11 is 0. The number of aromatic hydroxyl groups is 1. The number of carbonyl (C=O) groups excluding carboxylic acids is 2. The first-order valence-corrected chi connectivity index (χ1v) is 5.91. The molecule has 0 aliphatic carbocycles. The Labute approximate surface area is 119 Å². The van der Waals surface area contributed by atoms with Crippen molar-refractivity contribution in [2.24, 2.45) is 0 Å². The van der Waals surface area contributed by atoms with Crippen LogP contribution in [0.4, 0.5) is 0 Å². The summed E-state index contributed by atoms with van der Waals surface area (Å²) in [6.45, 7) is 0. The van der Waals surface area contributed by atoms with Gasteiger partial charge in [0.05, 0.1) is 5.56 Å². The topological polar surface area (TPSA) is 108 Å². The van der Waals surface area contributed by atoms with Gasteiger partial charge in [0.2, 0.25) is 0 Å². The van der Waals surface area contributed by atoms with Crippen LogP contribution in [-0.4, -0.2) is 22.1 Å². The molecule has 0 aromatic heterocycles. The van der Waals surface area contributed by atoms with Gasteiger partial charge in [-0.3, -0.25) is 14.8 Å². The van der Waals surface area contributed by atoms with Crippen molar-refractivity contribution in [1.82, 2.24) is 11.0 Å². The third-order valence-corrected chi connectivity index (χ3v) is 2.61. The van der Waals surface area contributed by atoms with Gasteiger partial charge in [-0.2, -0.15) is 5.48 Å². The van der Waals surface area contributed by atoms with E-state index in [1.54, 1.807) is 30.3 Å². The predicted molar refractivity (Wildman–Crippen MR) is 71.9 cm³/mol. The number of amides is 2. The van der Waals surface area contributed by atoms with Gasteiger partial charge >= 0.3 is 0 Å². The Balaban J connectivity index is 2.07. The Morgan fingerprint density at radius 2 is 1.71 bits per heavy atom. The van der Waals surface area contributed by atoms with E-state index in [1.807, 2.05) is 0 Å². The molecule has 0 spiro atoms. The van der Waals surface area contributed by atoms with Crippen molar-refractivity contribution in [3.8, 4) is 11.5 Å². The van der Waals surface area contributed by atoms with Crippen molar-refractivity contribution in [1.29, 1.82) is 0 Å². The highest BCUT2D eigenvalue weighted by Crippen LogP contribution is 2.22. The van der Waals surface area contributed by atoms with Gasteiger partial charge in [-0.05, 0) is 30.3 Å². The number of carbonyl (C=O) groups is 2. The first-order valence-electron chi connectivity index (χ1n) is 5.91. The highest BCUT2D eigenvalue weighted by molar-refractivity contribution is 5.96. The first kappa shape index (κ1) is 14.4. The van der Waals surface area contributed by atoms with E-state index in [1.165, 1.54) is 23.7 Å². The highest BCUT2D eigenvalue weighted by Gasteiger charge is 2.12. The van der Waals surface area contributed by atoms with E-state index < -0.39 is 11.8 Å². The van der Waals surface area contributed by atoms with Crippen LogP contribution in [0.25, 0.3) is 0 Å². The van der Waals surface area contributed by atoms with Gasteiger partial charge in [0.1, 0.15) is 5.75 Å². The molecule has 0 bridgehead atoms. The minimum atomic E-state index is -0.896. The summed E-state index contributed by atoms with van der Waals surface area (Å²) in [5, 5.41) is 18.0. The third kappa shape index (κ3) is 3.48. The van der Waals surface area contributed by atoms with E-state index in [0.29, 0.717) is 5.56 Å². The number of hydrogen-bond acceptors (Lipinski definition) is 5. The zero-order valence-electron chi connectivity index (χ0n) is 10.7. The lowest BCUT2D eigenvalue weighted by Gasteiger charge is -2.09. The fourth-order valence-electron chi connectivity index (χ4n) is 1.57. The molecule has 0 saturated heterocycles. The zero-order valence-corrected chi connectivity index (χ0v) is 10.7. The Morgan fingerprint density at radius 3 is 2.38 bits per heavy atom. The third-order valence-electron chi connectivity index (χ3n) is 2.61. The second-order valence-corrected chi connectivity index (χ2v) is 4.02. The quantitative estimate of drug-likeness (QED) is 0.500. The molecule has 21 heavy (non-hydrogen) atoms. The van der Waals surface area contributed by atoms with Crippen molar-refractivity contribution in [3.63, 3.8) is 0 Å². The molecule has 0 heterocycles. The number of benzene rings is 2. The summed E-state index contributed by atoms with van der Waals surface area (Å²) in [6.07, 6.45) is 0. The van der Waals surface area contributed by atoms with E-state index in [4.69, 9.17) is 10.0 Å². The van der Waals surface area contributed by atoms with Gasteiger partial charge in [0.25, 0.3) is 11.8 Å². The Bertz CT molecular complexity index is 658. The zero-order chi connectivity index (χ0) is 15.2. The second kappa shape index (κ2) is 6.40. The molecule has 0 radical (unpaired) electrons. The van der Waals surface area contributed by atoms with E-state index in [-0.39, 0.29) is 17.1 Å². The van der Waals surface area contributed by atoms with Crippen molar-refractivity contribution < 1.29 is 24.7 Å².